The molecule has 1 aliphatic heterocycles. The number of nitrogens with one attached hydrogen (secondary N) is 1. The summed E-state index contributed by atoms with van der Waals surface area (Å²) in [5.41, 5.74) is 0. The quantitative estimate of drug-likeness (QED) is 0.693. The second-order valence-corrected chi connectivity index (χ2v) is 3.54. The number of morpholine rings is 1. The third-order valence-electron chi connectivity index (χ3n) is 2.35. The average Bonchev–Trinajstić information content (AvgIpc) is 2.25. The summed E-state index contributed by atoms with van der Waals surface area (Å²) in [5, 5.41) is 2.92. The van der Waals surface area contributed by atoms with E-state index >= 15 is 0 Å². The van der Waals surface area contributed by atoms with Gasteiger partial charge in [-0.2, -0.15) is 0 Å². The van der Waals surface area contributed by atoms with E-state index in [-0.39, 0.29) is 6.03 Å². The lowest BCUT2D eigenvalue weighted by Crippen LogP contribution is -2.46. The number of carbonyl (C=O) groups excluding carboxylic acids is 1. The molecule has 1 heterocycles. The minimum absolute atomic E-state index is 0.0596. The van der Waals surface area contributed by atoms with Crippen LogP contribution in [-0.4, -0.2) is 43.8 Å². The SMILES string of the molecule is CCCCCNC(=O)N1CCOCC1. The predicted octanol–water partition coefficient (Wildman–Crippen LogP) is 1.22. The van der Waals surface area contributed by atoms with E-state index in [9.17, 15) is 4.79 Å². The second kappa shape index (κ2) is 6.65. The Bertz CT molecular complexity index is 168. The number of hydrogen-bond donors (Lipinski definition) is 1. The molecule has 1 aliphatic rings. The van der Waals surface area contributed by atoms with Gasteiger partial charge in [0, 0.05) is 19.6 Å². The maximum Gasteiger partial charge on any atom is 0.317 e. The lowest BCUT2D eigenvalue weighted by atomic mass is 10.2. The van der Waals surface area contributed by atoms with Crippen LogP contribution in [-0.2, 0) is 4.74 Å². The third-order valence-corrected chi connectivity index (χ3v) is 2.35. The molecule has 0 unspecified atom stereocenters. The monoisotopic (exact) mass is 200 g/mol. The van der Waals surface area contributed by atoms with E-state index in [4.69, 9.17) is 4.74 Å². The molecule has 2 amide bonds. The number of amides is 2. The summed E-state index contributed by atoms with van der Waals surface area (Å²) in [6.07, 6.45) is 3.45. The molecule has 82 valence electrons. The number of urea groups is 1. The smallest absolute Gasteiger partial charge is 0.317 e. The lowest BCUT2D eigenvalue weighted by molar-refractivity contribution is 0.0532. The molecule has 4 heteroatoms. The summed E-state index contributed by atoms with van der Waals surface area (Å²) < 4.78 is 5.17. The van der Waals surface area contributed by atoms with E-state index in [1.54, 1.807) is 0 Å². The normalized spacial score (nSPS) is 16.8. The van der Waals surface area contributed by atoms with Crippen molar-refractivity contribution >= 4 is 6.03 Å². The Morgan fingerprint density at radius 2 is 2.07 bits per heavy atom. The van der Waals surface area contributed by atoms with Crippen molar-refractivity contribution < 1.29 is 9.53 Å². The zero-order chi connectivity index (χ0) is 10.2. The van der Waals surface area contributed by atoms with Crippen LogP contribution in [0.2, 0.25) is 0 Å². The number of hydrogen-bond acceptors (Lipinski definition) is 2. The van der Waals surface area contributed by atoms with Gasteiger partial charge < -0.3 is 15.0 Å². The largest absolute Gasteiger partial charge is 0.378 e. The van der Waals surface area contributed by atoms with Gasteiger partial charge in [0.05, 0.1) is 13.2 Å². The first-order valence-electron chi connectivity index (χ1n) is 5.45. The molecule has 0 saturated carbocycles. The molecule has 0 aromatic rings. The molecule has 14 heavy (non-hydrogen) atoms. The third kappa shape index (κ3) is 3.96. The molecule has 1 N–H and O–H groups in total. The van der Waals surface area contributed by atoms with E-state index in [0.29, 0.717) is 13.2 Å². The summed E-state index contributed by atoms with van der Waals surface area (Å²) in [6, 6.07) is 0.0596. The Labute approximate surface area is 85.6 Å². The van der Waals surface area contributed by atoms with Crippen LogP contribution in [0, 0.1) is 0 Å². The second-order valence-electron chi connectivity index (χ2n) is 3.54. The van der Waals surface area contributed by atoms with Gasteiger partial charge in [-0.05, 0) is 6.42 Å². The van der Waals surface area contributed by atoms with E-state index in [2.05, 4.69) is 12.2 Å². The van der Waals surface area contributed by atoms with Gasteiger partial charge in [-0.15, -0.1) is 0 Å². The van der Waals surface area contributed by atoms with E-state index in [0.717, 1.165) is 26.1 Å². The van der Waals surface area contributed by atoms with Gasteiger partial charge in [0.15, 0.2) is 0 Å². The summed E-state index contributed by atoms with van der Waals surface area (Å²) in [5.74, 6) is 0. The number of ether oxygens (including phenoxy) is 1. The Kier molecular flexibility index (Phi) is 5.37. The molecular weight excluding hydrogens is 180 g/mol. The van der Waals surface area contributed by atoms with Crippen molar-refractivity contribution in [1.82, 2.24) is 10.2 Å². The molecule has 0 atom stereocenters. The Hall–Kier alpha value is -0.770. The summed E-state index contributed by atoms with van der Waals surface area (Å²) >= 11 is 0. The van der Waals surface area contributed by atoms with Crippen LogP contribution in [0.25, 0.3) is 0 Å². The summed E-state index contributed by atoms with van der Waals surface area (Å²) in [6.45, 7) is 5.73. The van der Waals surface area contributed by atoms with Crippen LogP contribution in [0.4, 0.5) is 4.79 Å². The van der Waals surface area contributed by atoms with Crippen LogP contribution >= 0.6 is 0 Å². The van der Waals surface area contributed by atoms with Gasteiger partial charge in [0.1, 0.15) is 0 Å². The first kappa shape index (κ1) is 11.3. The van der Waals surface area contributed by atoms with Gasteiger partial charge in [-0.1, -0.05) is 19.8 Å². The van der Waals surface area contributed by atoms with Crippen LogP contribution in [0.1, 0.15) is 26.2 Å². The first-order chi connectivity index (χ1) is 6.84. The van der Waals surface area contributed by atoms with Crippen molar-refractivity contribution in [2.75, 3.05) is 32.8 Å². The van der Waals surface area contributed by atoms with Crippen LogP contribution in [0.15, 0.2) is 0 Å². The number of carbonyl (C=O) groups is 1. The van der Waals surface area contributed by atoms with Gasteiger partial charge in [-0.3, -0.25) is 0 Å². The zero-order valence-corrected chi connectivity index (χ0v) is 8.92. The average molecular weight is 200 g/mol. The first-order valence-corrected chi connectivity index (χ1v) is 5.45. The molecule has 4 nitrogen and oxygen atoms in total. The molecule has 0 aromatic heterocycles. The van der Waals surface area contributed by atoms with Crippen molar-refractivity contribution in [3.8, 4) is 0 Å². The highest BCUT2D eigenvalue weighted by molar-refractivity contribution is 5.74. The van der Waals surface area contributed by atoms with Gasteiger partial charge in [-0.25, -0.2) is 4.79 Å². The number of unbranched alkanes of at least 4 members (excludes halogenated alkanes) is 2. The molecule has 0 radical (unpaired) electrons. The molecule has 1 rings (SSSR count). The van der Waals surface area contributed by atoms with Gasteiger partial charge in [0.2, 0.25) is 0 Å². The minimum Gasteiger partial charge on any atom is -0.378 e. The fraction of sp³-hybridized carbons (Fsp3) is 0.900. The Morgan fingerprint density at radius 1 is 1.36 bits per heavy atom. The van der Waals surface area contributed by atoms with Gasteiger partial charge in [0.25, 0.3) is 0 Å². The van der Waals surface area contributed by atoms with Crippen molar-refractivity contribution in [2.45, 2.75) is 26.2 Å². The molecule has 0 aliphatic carbocycles. The zero-order valence-electron chi connectivity index (χ0n) is 8.92. The summed E-state index contributed by atoms with van der Waals surface area (Å²) in [7, 11) is 0. The van der Waals surface area contributed by atoms with Crippen LogP contribution in [0.3, 0.4) is 0 Å². The molecule has 1 saturated heterocycles. The fourth-order valence-corrected chi connectivity index (χ4v) is 1.45. The van der Waals surface area contributed by atoms with E-state index in [1.807, 2.05) is 4.90 Å². The molecule has 0 bridgehead atoms. The van der Waals surface area contributed by atoms with Crippen molar-refractivity contribution in [1.29, 1.82) is 0 Å². The van der Waals surface area contributed by atoms with Gasteiger partial charge >= 0.3 is 6.03 Å². The highest BCUT2D eigenvalue weighted by Gasteiger charge is 2.15. The molecule has 0 spiro atoms. The highest BCUT2D eigenvalue weighted by Crippen LogP contribution is 1.97. The van der Waals surface area contributed by atoms with Crippen molar-refractivity contribution in [3.05, 3.63) is 0 Å². The topological polar surface area (TPSA) is 41.6 Å². The fourth-order valence-electron chi connectivity index (χ4n) is 1.45. The number of rotatable bonds is 4. The van der Waals surface area contributed by atoms with E-state index < -0.39 is 0 Å². The Morgan fingerprint density at radius 3 is 2.71 bits per heavy atom. The highest BCUT2D eigenvalue weighted by atomic mass is 16.5. The van der Waals surface area contributed by atoms with Crippen molar-refractivity contribution in [3.63, 3.8) is 0 Å². The summed E-state index contributed by atoms with van der Waals surface area (Å²) in [4.78, 5) is 13.3. The van der Waals surface area contributed by atoms with Crippen LogP contribution < -0.4 is 5.32 Å². The predicted molar refractivity (Wildman–Crippen MR) is 55.3 cm³/mol. The minimum atomic E-state index is 0.0596. The molecule has 0 aromatic carbocycles. The Balaban J connectivity index is 2.07. The molecule has 1 fully saturated rings. The maximum absolute atomic E-state index is 11.5. The standard InChI is InChI=1S/C10H20N2O2/c1-2-3-4-5-11-10(13)12-6-8-14-9-7-12/h2-9H2,1H3,(H,11,13). The van der Waals surface area contributed by atoms with Crippen molar-refractivity contribution in [2.24, 2.45) is 0 Å². The maximum atomic E-state index is 11.5. The van der Waals surface area contributed by atoms with E-state index in [1.165, 1.54) is 12.8 Å². The van der Waals surface area contributed by atoms with Crippen LogP contribution in [0.5, 0.6) is 0 Å². The lowest BCUT2D eigenvalue weighted by Gasteiger charge is -2.26. The molecular formula is C10H20N2O2. The number of nitrogens with zero attached hydrogens (tertiary/aromatic N) is 1.